The van der Waals surface area contributed by atoms with Gasteiger partial charge in [-0.05, 0) is 28.1 Å². The Kier molecular flexibility index (Phi) is 4.33. The van der Waals surface area contributed by atoms with Gasteiger partial charge in [0.1, 0.15) is 5.57 Å². The van der Waals surface area contributed by atoms with E-state index in [4.69, 9.17) is 32.7 Å². The third-order valence-electron chi connectivity index (χ3n) is 2.56. The molecule has 4 nitrogen and oxygen atoms in total. The van der Waals surface area contributed by atoms with Gasteiger partial charge in [0, 0.05) is 23.9 Å². The number of hydrogen-bond donors (Lipinski definition) is 0. The average molecular weight is 398 g/mol. The molecule has 0 saturated carbocycles. The summed E-state index contributed by atoms with van der Waals surface area (Å²) in [6.07, 6.45) is 0.954. The lowest BCUT2D eigenvalue weighted by atomic mass is 10.1. The van der Waals surface area contributed by atoms with E-state index in [1.54, 1.807) is 0 Å². The van der Waals surface area contributed by atoms with Gasteiger partial charge >= 0.3 is 11.9 Å². The Balaban J connectivity index is 2.53. The summed E-state index contributed by atoms with van der Waals surface area (Å²) in [5.41, 5.74) is -0.665. The van der Waals surface area contributed by atoms with Crippen LogP contribution >= 0.6 is 39.1 Å². The Morgan fingerprint density at radius 1 is 1.24 bits per heavy atom. The molecule has 0 bridgehead atoms. The van der Waals surface area contributed by atoms with E-state index in [2.05, 4.69) is 15.9 Å². The van der Waals surface area contributed by atoms with Gasteiger partial charge in [-0.3, -0.25) is 0 Å². The van der Waals surface area contributed by atoms with Crippen LogP contribution in [0.5, 0.6) is 0 Å². The Hall–Kier alpha value is -1.11. The fourth-order valence-electron chi connectivity index (χ4n) is 1.64. The fraction of sp³-hybridized carbons (Fsp3) is 0.231. The van der Waals surface area contributed by atoms with Crippen molar-refractivity contribution < 1.29 is 23.5 Å². The predicted molar refractivity (Wildman–Crippen MR) is 78.4 cm³/mol. The molecule has 1 aromatic carbocycles. The van der Waals surface area contributed by atoms with Crippen LogP contribution in [0.15, 0.2) is 16.1 Å². The first-order chi connectivity index (χ1) is 9.62. The molecule has 0 atom stereocenters. The van der Waals surface area contributed by atoms with Crippen LogP contribution in [0.25, 0.3) is 6.08 Å². The van der Waals surface area contributed by atoms with Crippen molar-refractivity contribution >= 4 is 57.1 Å². The maximum Gasteiger partial charge on any atom is 0.348 e. The molecule has 0 unspecified atom stereocenters. The molecular formula is C13H8BrCl2FO4. The van der Waals surface area contributed by atoms with Gasteiger partial charge in [-0.1, -0.05) is 23.2 Å². The first kappa shape index (κ1) is 16.3. The largest absolute Gasteiger partial charge is 0.419 e. The number of carbonyl (C=O) groups is 2. The zero-order chi connectivity index (χ0) is 15.9. The number of carbonyl (C=O) groups excluding carboxylic acids is 2. The number of esters is 2. The Labute approximate surface area is 137 Å². The van der Waals surface area contributed by atoms with Gasteiger partial charge in [0.05, 0.1) is 10.0 Å². The van der Waals surface area contributed by atoms with E-state index in [1.807, 2.05) is 0 Å². The smallest absolute Gasteiger partial charge is 0.348 e. The normalized spacial score (nSPS) is 17.3. The van der Waals surface area contributed by atoms with Gasteiger partial charge in [0.2, 0.25) is 0 Å². The Morgan fingerprint density at radius 2 is 1.76 bits per heavy atom. The second-order valence-electron chi connectivity index (χ2n) is 4.62. The molecule has 0 N–H and O–H groups in total. The van der Waals surface area contributed by atoms with E-state index in [9.17, 15) is 14.0 Å². The number of halogens is 4. The zero-order valence-electron chi connectivity index (χ0n) is 10.8. The van der Waals surface area contributed by atoms with Crippen LogP contribution < -0.4 is 0 Å². The van der Waals surface area contributed by atoms with E-state index in [1.165, 1.54) is 19.9 Å². The number of cyclic esters (lactones) is 2. The molecule has 0 amide bonds. The van der Waals surface area contributed by atoms with Crippen molar-refractivity contribution in [1.29, 1.82) is 0 Å². The molecule has 1 aliphatic rings. The molecule has 1 saturated heterocycles. The highest BCUT2D eigenvalue weighted by Gasteiger charge is 2.39. The fourth-order valence-corrected chi connectivity index (χ4v) is 2.57. The second kappa shape index (κ2) is 5.59. The van der Waals surface area contributed by atoms with Crippen LogP contribution in [-0.2, 0) is 19.1 Å². The van der Waals surface area contributed by atoms with Crippen molar-refractivity contribution in [1.82, 2.24) is 0 Å². The van der Waals surface area contributed by atoms with Crippen LogP contribution in [0.2, 0.25) is 10.0 Å². The summed E-state index contributed by atoms with van der Waals surface area (Å²) in [6.45, 7) is 2.81. The van der Waals surface area contributed by atoms with Crippen LogP contribution in [0.3, 0.4) is 0 Å². The average Bonchev–Trinajstić information content (AvgIpc) is 2.33. The molecule has 8 heteroatoms. The summed E-state index contributed by atoms with van der Waals surface area (Å²) >= 11 is 14.7. The Bertz CT molecular complexity index is 663. The molecular weight excluding hydrogens is 390 g/mol. The highest BCUT2D eigenvalue weighted by Crippen LogP contribution is 2.35. The van der Waals surface area contributed by atoms with Crippen molar-refractivity contribution in [2.75, 3.05) is 0 Å². The first-order valence-electron chi connectivity index (χ1n) is 5.64. The van der Waals surface area contributed by atoms with Crippen molar-refractivity contribution in [3.63, 3.8) is 0 Å². The number of rotatable bonds is 1. The van der Waals surface area contributed by atoms with Crippen molar-refractivity contribution in [2.24, 2.45) is 0 Å². The molecule has 0 radical (unpaired) electrons. The molecule has 21 heavy (non-hydrogen) atoms. The van der Waals surface area contributed by atoms with E-state index in [-0.39, 0.29) is 20.1 Å². The van der Waals surface area contributed by atoms with Gasteiger partial charge in [0.25, 0.3) is 5.79 Å². The number of hydrogen-bond acceptors (Lipinski definition) is 4. The maximum absolute atomic E-state index is 14.1. The van der Waals surface area contributed by atoms with Gasteiger partial charge in [-0.2, -0.15) is 0 Å². The molecule has 1 aliphatic heterocycles. The minimum atomic E-state index is -1.37. The third kappa shape index (κ3) is 3.22. The zero-order valence-corrected chi connectivity index (χ0v) is 13.9. The highest BCUT2D eigenvalue weighted by atomic mass is 79.9. The summed E-state index contributed by atoms with van der Waals surface area (Å²) in [6, 6.07) is 1.35. The Morgan fingerprint density at radius 3 is 2.29 bits per heavy atom. The SMILES string of the molecule is CC1(C)OC(=O)C(=Cc2c(Cl)cc(Br)c(Cl)c2F)C(=O)O1. The lowest BCUT2D eigenvalue weighted by Gasteiger charge is -2.29. The molecule has 0 aromatic heterocycles. The summed E-state index contributed by atoms with van der Waals surface area (Å²) in [5.74, 6) is -4.09. The van der Waals surface area contributed by atoms with Gasteiger partial charge in [-0.15, -0.1) is 0 Å². The van der Waals surface area contributed by atoms with Gasteiger partial charge in [0.15, 0.2) is 5.82 Å². The third-order valence-corrected chi connectivity index (χ3v) is 4.09. The molecule has 0 aliphatic carbocycles. The molecule has 0 spiro atoms. The van der Waals surface area contributed by atoms with E-state index < -0.39 is 29.1 Å². The highest BCUT2D eigenvalue weighted by molar-refractivity contribution is 9.10. The van der Waals surface area contributed by atoms with Crippen molar-refractivity contribution in [2.45, 2.75) is 19.6 Å². The minimum absolute atomic E-state index is 0.0262. The molecule has 1 heterocycles. The van der Waals surface area contributed by atoms with Crippen molar-refractivity contribution in [3.05, 3.63) is 37.5 Å². The molecule has 1 aromatic rings. The van der Waals surface area contributed by atoms with E-state index in [0.717, 1.165) is 6.08 Å². The summed E-state index contributed by atoms with van der Waals surface area (Å²) < 4.78 is 24.2. The monoisotopic (exact) mass is 396 g/mol. The number of ether oxygens (including phenoxy) is 2. The van der Waals surface area contributed by atoms with Crippen molar-refractivity contribution in [3.8, 4) is 0 Å². The summed E-state index contributed by atoms with van der Waals surface area (Å²) in [5, 5.41) is -0.245. The summed E-state index contributed by atoms with van der Waals surface area (Å²) in [7, 11) is 0. The van der Waals surface area contributed by atoms with E-state index in [0.29, 0.717) is 0 Å². The van der Waals surface area contributed by atoms with E-state index >= 15 is 0 Å². The first-order valence-corrected chi connectivity index (χ1v) is 7.18. The molecule has 2 rings (SSSR count). The number of benzene rings is 1. The predicted octanol–water partition coefficient (Wildman–Crippen LogP) is 4.11. The lowest BCUT2D eigenvalue weighted by Crippen LogP contribution is -2.41. The topological polar surface area (TPSA) is 52.6 Å². The molecule has 1 fully saturated rings. The van der Waals surface area contributed by atoms with Crippen LogP contribution in [-0.4, -0.2) is 17.7 Å². The van der Waals surface area contributed by atoms with Crippen LogP contribution in [0, 0.1) is 5.82 Å². The van der Waals surface area contributed by atoms with Gasteiger partial charge in [-0.25, -0.2) is 14.0 Å². The van der Waals surface area contributed by atoms with Gasteiger partial charge < -0.3 is 9.47 Å². The van der Waals surface area contributed by atoms with Crippen LogP contribution in [0.1, 0.15) is 19.4 Å². The maximum atomic E-state index is 14.1. The standard InChI is InChI=1S/C13H8BrCl2FO4/c1-13(2)20-11(18)6(12(19)21-13)3-5-8(15)4-7(14)9(16)10(5)17/h3-4H,1-2H3. The second-order valence-corrected chi connectivity index (χ2v) is 6.26. The summed E-state index contributed by atoms with van der Waals surface area (Å²) in [4.78, 5) is 23.6. The minimum Gasteiger partial charge on any atom is -0.419 e. The quantitative estimate of drug-likeness (QED) is 0.235. The van der Waals surface area contributed by atoms with Crippen LogP contribution in [0.4, 0.5) is 4.39 Å². The molecule has 112 valence electrons. The lowest BCUT2D eigenvalue weighted by molar-refractivity contribution is -0.222.